The molecule has 0 radical (unpaired) electrons. The van der Waals surface area contributed by atoms with Gasteiger partial charge in [0.05, 0.1) is 6.20 Å². The molecule has 4 nitrogen and oxygen atoms in total. The molecule has 1 aromatic heterocycles. The van der Waals surface area contributed by atoms with Crippen LogP contribution in [0.2, 0.25) is 0 Å². The zero-order valence-corrected chi connectivity index (χ0v) is 10.9. The molecule has 15 heavy (non-hydrogen) atoms. The Morgan fingerprint density at radius 2 is 1.80 bits per heavy atom. The minimum Gasteiger partial charge on any atom is -0.444 e. The van der Waals surface area contributed by atoms with Crippen molar-refractivity contribution in [3.8, 4) is 11.3 Å². The Hall–Kier alpha value is -0.620. The topological polar surface area (TPSA) is 60.2 Å². The zero-order valence-electron chi connectivity index (χ0n) is 8.04. The van der Waals surface area contributed by atoms with Gasteiger partial charge in [-0.25, -0.2) is 4.98 Å². The van der Waals surface area contributed by atoms with Gasteiger partial charge in [-0.05, 0) is 10.7 Å². The van der Waals surface area contributed by atoms with Crippen molar-refractivity contribution in [1.29, 1.82) is 0 Å². The molecule has 0 spiro atoms. The number of hydrogen-bond donors (Lipinski definition) is 0. The van der Waals surface area contributed by atoms with Gasteiger partial charge in [0.25, 0.3) is 0 Å². The Labute approximate surface area is 111 Å². The van der Waals surface area contributed by atoms with Crippen molar-refractivity contribution in [1.82, 2.24) is 4.98 Å². The van der Waals surface area contributed by atoms with Gasteiger partial charge < -0.3 is 12.8 Å². The van der Waals surface area contributed by atoms with Crippen LogP contribution in [0.4, 0.5) is 0 Å². The maximum absolute atomic E-state index is 10.6. The molecule has 0 amide bonds. The number of rotatable bonds is 2. The Morgan fingerprint density at radius 1 is 1.13 bits per heavy atom. The SMILES string of the molecule is O=[S-](=O)c1ccc(-c2cnco2)cc1.[Na+]. The van der Waals surface area contributed by atoms with Gasteiger partial charge in [-0.3, -0.25) is 0 Å². The van der Waals surface area contributed by atoms with E-state index in [1.54, 1.807) is 18.3 Å². The van der Waals surface area contributed by atoms with Gasteiger partial charge in [-0.1, -0.05) is 29.2 Å². The molecule has 0 aliphatic rings. The average molecular weight is 231 g/mol. The summed E-state index contributed by atoms with van der Waals surface area (Å²) in [7, 11) is -2.18. The van der Waals surface area contributed by atoms with Crippen LogP contribution in [0.15, 0.2) is 46.2 Å². The first-order valence-electron chi connectivity index (χ1n) is 3.85. The molecule has 1 heterocycles. The van der Waals surface area contributed by atoms with Gasteiger partial charge in [0.1, 0.15) is 0 Å². The van der Waals surface area contributed by atoms with Gasteiger partial charge in [0.15, 0.2) is 12.2 Å². The quantitative estimate of drug-likeness (QED) is 0.492. The van der Waals surface area contributed by atoms with Crippen LogP contribution in [0.3, 0.4) is 0 Å². The molecule has 2 aromatic rings. The minimum atomic E-state index is -2.18. The van der Waals surface area contributed by atoms with E-state index in [9.17, 15) is 8.42 Å². The smallest absolute Gasteiger partial charge is 0.444 e. The van der Waals surface area contributed by atoms with Crippen molar-refractivity contribution in [2.75, 3.05) is 0 Å². The van der Waals surface area contributed by atoms with Crippen molar-refractivity contribution in [3.63, 3.8) is 0 Å². The summed E-state index contributed by atoms with van der Waals surface area (Å²) in [4.78, 5) is 4.03. The fourth-order valence-electron chi connectivity index (χ4n) is 1.09. The normalized spacial score (nSPS) is 9.93. The minimum absolute atomic E-state index is 0. The van der Waals surface area contributed by atoms with E-state index in [1.807, 2.05) is 0 Å². The molecule has 72 valence electrons. The molecule has 0 saturated carbocycles. The summed E-state index contributed by atoms with van der Waals surface area (Å²) < 4.78 is 26.2. The molecular weight excluding hydrogens is 225 g/mol. The van der Waals surface area contributed by atoms with Crippen LogP contribution in [-0.4, -0.2) is 4.98 Å². The number of hydrogen-bond acceptors (Lipinski definition) is 5. The average Bonchev–Trinajstić information content (AvgIpc) is 2.71. The van der Waals surface area contributed by atoms with Crippen LogP contribution in [0.5, 0.6) is 0 Å². The second-order valence-corrected chi connectivity index (χ2v) is 3.57. The molecular formula is C9H6NNaO3S. The van der Waals surface area contributed by atoms with Crippen LogP contribution in [-0.2, 0) is 19.1 Å². The van der Waals surface area contributed by atoms with E-state index in [2.05, 4.69) is 4.98 Å². The first kappa shape index (κ1) is 12.4. The first-order valence-corrected chi connectivity index (χ1v) is 4.93. The maximum atomic E-state index is 10.6. The predicted molar refractivity (Wildman–Crippen MR) is 48.9 cm³/mol. The Kier molecular flexibility index (Phi) is 4.53. The number of aromatic nitrogens is 1. The molecule has 1 aromatic carbocycles. The molecule has 0 unspecified atom stereocenters. The Morgan fingerprint density at radius 3 is 2.27 bits per heavy atom. The van der Waals surface area contributed by atoms with E-state index in [1.165, 1.54) is 18.5 Å². The van der Waals surface area contributed by atoms with Crippen molar-refractivity contribution < 1.29 is 42.4 Å². The molecule has 2 rings (SSSR count). The van der Waals surface area contributed by atoms with Crippen molar-refractivity contribution in [3.05, 3.63) is 36.9 Å². The fraction of sp³-hybridized carbons (Fsp3) is 0. The Bertz CT molecular complexity index is 483. The molecule has 0 aliphatic heterocycles. The summed E-state index contributed by atoms with van der Waals surface area (Å²) in [6, 6.07) is 6.37. The zero-order chi connectivity index (χ0) is 9.97. The van der Waals surface area contributed by atoms with Crippen LogP contribution in [0, 0.1) is 0 Å². The molecule has 0 bridgehead atoms. The van der Waals surface area contributed by atoms with E-state index in [0.717, 1.165) is 5.56 Å². The molecule has 0 aliphatic carbocycles. The van der Waals surface area contributed by atoms with Gasteiger partial charge in [0.2, 0.25) is 0 Å². The predicted octanol–water partition coefficient (Wildman–Crippen LogP) is -0.986. The maximum Gasteiger partial charge on any atom is 1.00 e. The van der Waals surface area contributed by atoms with Crippen molar-refractivity contribution in [2.45, 2.75) is 4.90 Å². The van der Waals surface area contributed by atoms with Gasteiger partial charge in [0, 0.05) is 5.56 Å². The van der Waals surface area contributed by atoms with E-state index >= 15 is 0 Å². The first-order chi connectivity index (χ1) is 6.77. The standard InChI is InChI=1S/C9H6NO3S.Na/c11-14(12)8-3-1-7(2-4-8)9-5-10-6-13-9;/h1-6H;/q-1;+1. The van der Waals surface area contributed by atoms with E-state index in [-0.39, 0.29) is 34.5 Å². The summed E-state index contributed by atoms with van der Waals surface area (Å²) in [5, 5.41) is 0. The van der Waals surface area contributed by atoms with Crippen molar-refractivity contribution in [2.24, 2.45) is 0 Å². The summed E-state index contributed by atoms with van der Waals surface area (Å²) in [6.07, 6.45) is 2.90. The van der Waals surface area contributed by atoms with Crippen LogP contribution >= 0.6 is 0 Å². The number of nitrogens with zero attached hydrogens (tertiary/aromatic N) is 1. The van der Waals surface area contributed by atoms with Crippen LogP contribution < -0.4 is 29.6 Å². The van der Waals surface area contributed by atoms with Crippen LogP contribution in [0.25, 0.3) is 11.3 Å². The molecule has 0 atom stereocenters. The summed E-state index contributed by atoms with van der Waals surface area (Å²) in [5.74, 6) is 0.619. The third-order valence-corrected chi connectivity index (χ3v) is 2.42. The van der Waals surface area contributed by atoms with Crippen LogP contribution in [0.1, 0.15) is 0 Å². The van der Waals surface area contributed by atoms with E-state index < -0.39 is 10.7 Å². The largest absolute Gasteiger partial charge is 1.00 e. The molecule has 6 heteroatoms. The van der Waals surface area contributed by atoms with Gasteiger partial charge in [-0.2, -0.15) is 0 Å². The second-order valence-electron chi connectivity index (χ2n) is 2.62. The second kappa shape index (κ2) is 5.46. The third-order valence-electron chi connectivity index (χ3n) is 1.76. The Balaban J connectivity index is 0.00000112. The fourth-order valence-corrected chi connectivity index (χ4v) is 1.45. The number of oxazole rings is 1. The van der Waals surface area contributed by atoms with Crippen molar-refractivity contribution >= 4 is 10.7 Å². The van der Waals surface area contributed by atoms with Gasteiger partial charge in [-0.15, -0.1) is 0 Å². The molecule has 0 saturated heterocycles. The summed E-state index contributed by atoms with van der Waals surface area (Å²) >= 11 is 0. The summed E-state index contributed by atoms with van der Waals surface area (Å²) in [6.45, 7) is 0. The molecule has 0 fully saturated rings. The third kappa shape index (κ3) is 2.92. The molecule has 0 N–H and O–H groups in total. The monoisotopic (exact) mass is 231 g/mol. The van der Waals surface area contributed by atoms with Gasteiger partial charge >= 0.3 is 29.6 Å². The number of benzene rings is 1. The van der Waals surface area contributed by atoms with E-state index in [4.69, 9.17) is 4.42 Å². The van der Waals surface area contributed by atoms with E-state index in [0.29, 0.717) is 5.76 Å². The summed E-state index contributed by atoms with van der Waals surface area (Å²) in [5.41, 5.74) is 0.803.